The van der Waals surface area contributed by atoms with E-state index in [0.29, 0.717) is 0 Å². The largest absolute Gasteiger partial charge is 0.238 e. The molecule has 0 aliphatic heterocycles. The first kappa shape index (κ1) is 9.00. The number of hydrogen-bond donors (Lipinski definition) is 0. The zero-order chi connectivity index (χ0) is 10.1. The van der Waals surface area contributed by atoms with Crippen LogP contribution in [-0.2, 0) is 0 Å². The van der Waals surface area contributed by atoms with Gasteiger partial charge in [-0.2, -0.15) is 5.10 Å². The molecule has 0 spiro atoms. The lowest BCUT2D eigenvalue weighted by molar-refractivity contribution is 0.833. The van der Waals surface area contributed by atoms with Gasteiger partial charge in [-0.05, 0) is 38.0 Å². The minimum Gasteiger partial charge on any atom is -0.238 e. The molecule has 0 saturated carbocycles. The summed E-state index contributed by atoms with van der Waals surface area (Å²) in [6.45, 7) is 6.30. The molecule has 2 heteroatoms. The number of hydrogen-bond acceptors (Lipinski definition) is 1. The molecule has 0 atom stereocenters. The second kappa shape index (κ2) is 3.29. The van der Waals surface area contributed by atoms with Crippen molar-refractivity contribution in [1.82, 2.24) is 9.78 Å². The normalized spacial score (nSPS) is 10.5. The van der Waals surface area contributed by atoms with Crippen LogP contribution >= 0.6 is 0 Å². The number of nitrogens with zero attached hydrogens (tertiary/aromatic N) is 2. The summed E-state index contributed by atoms with van der Waals surface area (Å²) in [6.07, 6.45) is 1.83. The summed E-state index contributed by atoms with van der Waals surface area (Å²) in [5.41, 5.74) is 4.89. The van der Waals surface area contributed by atoms with Gasteiger partial charge < -0.3 is 0 Å². The van der Waals surface area contributed by atoms with Crippen molar-refractivity contribution in [3.05, 3.63) is 47.3 Å². The minimum atomic E-state index is 1.17. The van der Waals surface area contributed by atoms with Crippen LogP contribution in [0.25, 0.3) is 5.69 Å². The molecule has 0 fully saturated rings. The third kappa shape index (κ3) is 1.33. The van der Waals surface area contributed by atoms with Crippen molar-refractivity contribution >= 4 is 0 Å². The van der Waals surface area contributed by atoms with Crippen molar-refractivity contribution in [3.63, 3.8) is 0 Å². The molecule has 0 unspecified atom stereocenters. The minimum absolute atomic E-state index is 1.17. The van der Waals surface area contributed by atoms with Crippen LogP contribution in [0.2, 0.25) is 0 Å². The summed E-state index contributed by atoms with van der Waals surface area (Å²) in [6, 6.07) is 8.33. The van der Waals surface area contributed by atoms with Crippen molar-refractivity contribution in [2.45, 2.75) is 20.8 Å². The molecule has 0 bridgehead atoms. The quantitative estimate of drug-likeness (QED) is 0.669. The van der Waals surface area contributed by atoms with Crippen LogP contribution in [0.15, 0.2) is 30.5 Å². The van der Waals surface area contributed by atoms with E-state index in [2.05, 4.69) is 44.1 Å². The van der Waals surface area contributed by atoms with Crippen LogP contribution < -0.4 is 0 Å². The van der Waals surface area contributed by atoms with Gasteiger partial charge in [0.1, 0.15) is 0 Å². The van der Waals surface area contributed by atoms with Gasteiger partial charge >= 0.3 is 0 Å². The molecular formula is C12H14N2. The molecule has 0 amide bonds. The summed E-state index contributed by atoms with van der Waals surface area (Å²) in [5.74, 6) is 0. The Morgan fingerprint density at radius 2 is 1.64 bits per heavy atom. The standard InChI is InChI=1S/C12H14N2/c1-9-5-4-6-10(2)12(9)14-11(3)7-8-13-14/h4-8H,1-3H3. The van der Waals surface area contributed by atoms with Crippen molar-refractivity contribution in [2.75, 3.05) is 0 Å². The van der Waals surface area contributed by atoms with E-state index in [9.17, 15) is 0 Å². The van der Waals surface area contributed by atoms with Crippen LogP contribution in [0.1, 0.15) is 16.8 Å². The second-order valence-electron chi connectivity index (χ2n) is 3.62. The average Bonchev–Trinajstić information content (AvgIpc) is 2.52. The number of para-hydroxylation sites is 1. The van der Waals surface area contributed by atoms with Crippen LogP contribution in [0.3, 0.4) is 0 Å². The number of aromatic nitrogens is 2. The van der Waals surface area contributed by atoms with E-state index in [1.165, 1.54) is 22.5 Å². The summed E-state index contributed by atoms with van der Waals surface area (Å²) < 4.78 is 1.99. The van der Waals surface area contributed by atoms with Crippen LogP contribution in [0.4, 0.5) is 0 Å². The molecule has 0 N–H and O–H groups in total. The molecule has 2 rings (SSSR count). The summed E-state index contributed by atoms with van der Waals surface area (Å²) in [4.78, 5) is 0. The Hall–Kier alpha value is -1.57. The van der Waals surface area contributed by atoms with Gasteiger partial charge in [0.2, 0.25) is 0 Å². The van der Waals surface area contributed by atoms with Crippen molar-refractivity contribution in [3.8, 4) is 5.69 Å². The average molecular weight is 186 g/mol. The highest BCUT2D eigenvalue weighted by Crippen LogP contribution is 2.18. The molecule has 0 radical (unpaired) electrons. The molecule has 0 saturated heterocycles. The molecular weight excluding hydrogens is 172 g/mol. The van der Waals surface area contributed by atoms with Gasteiger partial charge in [-0.25, -0.2) is 4.68 Å². The van der Waals surface area contributed by atoms with Crippen molar-refractivity contribution in [2.24, 2.45) is 0 Å². The zero-order valence-electron chi connectivity index (χ0n) is 8.78. The lowest BCUT2D eigenvalue weighted by Gasteiger charge is -2.11. The molecule has 2 nitrogen and oxygen atoms in total. The molecule has 2 aromatic rings. The SMILES string of the molecule is Cc1cccc(C)c1-n1nccc1C. The fraction of sp³-hybridized carbons (Fsp3) is 0.250. The summed E-state index contributed by atoms with van der Waals surface area (Å²) in [7, 11) is 0. The predicted octanol–water partition coefficient (Wildman–Crippen LogP) is 2.80. The van der Waals surface area contributed by atoms with Gasteiger partial charge in [0, 0.05) is 11.9 Å². The number of benzene rings is 1. The van der Waals surface area contributed by atoms with Crippen LogP contribution in [-0.4, -0.2) is 9.78 Å². The first-order chi connectivity index (χ1) is 6.70. The zero-order valence-corrected chi connectivity index (χ0v) is 8.78. The monoisotopic (exact) mass is 186 g/mol. The third-order valence-corrected chi connectivity index (χ3v) is 2.48. The topological polar surface area (TPSA) is 17.8 Å². The lowest BCUT2D eigenvalue weighted by atomic mass is 10.1. The summed E-state index contributed by atoms with van der Waals surface area (Å²) >= 11 is 0. The van der Waals surface area contributed by atoms with E-state index in [1.54, 1.807) is 0 Å². The molecule has 14 heavy (non-hydrogen) atoms. The third-order valence-electron chi connectivity index (χ3n) is 2.48. The predicted molar refractivity (Wildman–Crippen MR) is 57.8 cm³/mol. The Kier molecular flexibility index (Phi) is 2.12. The highest BCUT2D eigenvalue weighted by molar-refractivity contribution is 5.47. The fourth-order valence-electron chi connectivity index (χ4n) is 1.74. The van der Waals surface area contributed by atoms with Crippen LogP contribution in [0, 0.1) is 20.8 Å². The van der Waals surface area contributed by atoms with E-state index in [1.807, 2.05) is 16.9 Å². The Morgan fingerprint density at radius 1 is 1.00 bits per heavy atom. The van der Waals surface area contributed by atoms with Gasteiger partial charge in [0.15, 0.2) is 0 Å². The van der Waals surface area contributed by atoms with Gasteiger partial charge in [0.25, 0.3) is 0 Å². The smallest absolute Gasteiger partial charge is 0.0706 e. The molecule has 0 aliphatic rings. The van der Waals surface area contributed by atoms with Gasteiger partial charge in [-0.1, -0.05) is 18.2 Å². The van der Waals surface area contributed by atoms with Gasteiger partial charge in [-0.15, -0.1) is 0 Å². The fourth-order valence-corrected chi connectivity index (χ4v) is 1.74. The molecule has 1 heterocycles. The molecule has 1 aromatic heterocycles. The molecule has 0 aliphatic carbocycles. The Labute approximate surface area is 84.2 Å². The van der Waals surface area contributed by atoms with Crippen molar-refractivity contribution < 1.29 is 0 Å². The highest BCUT2D eigenvalue weighted by atomic mass is 15.3. The Bertz CT molecular complexity index is 435. The van der Waals surface area contributed by atoms with E-state index in [0.717, 1.165) is 0 Å². The van der Waals surface area contributed by atoms with E-state index in [-0.39, 0.29) is 0 Å². The number of rotatable bonds is 1. The van der Waals surface area contributed by atoms with Gasteiger partial charge in [-0.3, -0.25) is 0 Å². The maximum Gasteiger partial charge on any atom is 0.0706 e. The highest BCUT2D eigenvalue weighted by Gasteiger charge is 2.06. The number of aryl methyl sites for hydroxylation is 3. The maximum atomic E-state index is 4.32. The van der Waals surface area contributed by atoms with E-state index < -0.39 is 0 Å². The summed E-state index contributed by atoms with van der Waals surface area (Å²) in [5, 5.41) is 4.32. The first-order valence-electron chi connectivity index (χ1n) is 4.77. The Balaban J connectivity index is 2.68. The van der Waals surface area contributed by atoms with Crippen molar-refractivity contribution in [1.29, 1.82) is 0 Å². The molecule has 72 valence electrons. The van der Waals surface area contributed by atoms with Gasteiger partial charge in [0.05, 0.1) is 5.69 Å². The van der Waals surface area contributed by atoms with E-state index >= 15 is 0 Å². The Morgan fingerprint density at radius 3 is 2.14 bits per heavy atom. The van der Waals surface area contributed by atoms with Crippen LogP contribution in [0.5, 0.6) is 0 Å². The second-order valence-corrected chi connectivity index (χ2v) is 3.62. The molecule has 1 aromatic carbocycles. The maximum absolute atomic E-state index is 4.32. The lowest BCUT2D eigenvalue weighted by Crippen LogP contribution is -2.03. The first-order valence-corrected chi connectivity index (χ1v) is 4.77. The van der Waals surface area contributed by atoms with E-state index in [4.69, 9.17) is 0 Å².